The standard InChI is InChI=1S/C13H18O4/c1-3-16-11-6-4-5-7-12(11)17-10(2)8-9-13(14)15/h4-7,10H,3,8-9H2,1-2H3,(H,14,15). The topological polar surface area (TPSA) is 55.8 Å². The Bertz CT molecular complexity index is 362. The molecule has 0 aliphatic rings. The predicted octanol–water partition coefficient (Wildman–Crippen LogP) is 2.72. The SMILES string of the molecule is CCOc1ccccc1OC(C)CCC(=O)O. The number of carboxylic acids is 1. The van der Waals surface area contributed by atoms with Gasteiger partial charge in [0, 0.05) is 6.42 Å². The Labute approximate surface area is 101 Å². The molecule has 0 saturated heterocycles. The first-order valence-corrected chi connectivity index (χ1v) is 5.73. The zero-order valence-corrected chi connectivity index (χ0v) is 10.2. The van der Waals surface area contributed by atoms with Gasteiger partial charge in [-0.15, -0.1) is 0 Å². The molecular weight excluding hydrogens is 220 g/mol. The van der Waals surface area contributed by atoms with Gasteiger partial charge < -0.3 is 14.6 Å². The molecule has 0 amide bonds. The first kappa shape index (κ1) is 13.4. The predicted molar refractivity (Wildman–Crippen MR) is 64.6 cm³/mol. The molecule has 94 valence electrons. The Kier molecular flexibility index (Phi) is 5.33. The highest BCUT2D eigenvalue weighted by atomic mass is 16.5. The van der Waals surface area contributed by atoms with Gasteiger partial charge in [-0.2, -0.15) is 0 Å². The van der Waals surface area contributed by atoms with Crippen LogP contribution in [0.2, 0.25) is 0 Å². The van der Waals surface area contributed by atoms with Gasteiger partial charge in [-0.1, -0.05) is 12.1 Å². The van der Waals surface area contributed by atoms with E-state index in [0.717, 1.165) is 0 Å². The van der Waals surface area contributed by atoms with Gasteiger partial charge in [-0.25, -0.2) is 0 Å². The Balaban J connectivity index is 2.57. The van der Waals surface area contributed by atoms with Crippen molar-refractivity contribution in [3.63, 3.8) is 0 Å². The number of para-hydroxylation sites is 2. The summed E-state index contributed by atoms with van der Waals surface area (Å²) >= 11 is 0. The zero-order valence-electron chi connectivity index (χ0n) is 10.2. The van der Waals surface area contributed by atoms with Crippen LogP contribution in [0.5, 0.6) is 11.5 Å². The summed E-state index contributed by atoms with van der Waals surface area (Å²) in [6.07, 6.45) is 0.445. The molecule has 0 saturated carbocycles. The van der Waals surface area contributed by atoms with E-state index < -0.39 is 5.97 Å². The van der Waals surface area contributed by atoms with Gasteiger partial charge in [0.25, 0.3) is 0 Å². The van der Waals surface area contributed by atoms with Crippen molar-refractivity contribution >= 4 is 5.97 Å². The quantitative estimate of drug-likeness (QED) is 0.793. The van der Waals surface area contributed by atoms with Gasteiger partial charge >= 0.3 is 5.97 Å². The number of rotatable bonds is 7. The lowest BCUT2D eigenvalue weighted by Crippen LogP contribution is -2.14. The number of carboxylic acid groups (broad SMARTS) is 1. The number of hydrogen-bond donors (Lipinski definition) is 1. The van der Waals surface area contributed by atoms with Crippen LogP contribution in [-0.2, 0) is 4.79 Å². The van der Waals surface area contributed by atoms with Crippen LogP contribution in [0.25, 0.3) is 0 Å². The summed E-state index contributed by atoms with van der Waals surface area (Å²) in [7, 11) is 0. The highest BCUT2D eigenvalue weighted by Crippen LogP contribution is 2.27. The summed E-state index contributed by atoms with van der Waals surface area (Å²) in [6, 6.07) is 7.40. The summed E-state index contributed by atoms with van der Waals surface area (Å²) in [5.74, 6) is 0.544. The largest absolute Gasteiger partial charge is 0.490 e. The number of hydrogen-bond acceptors (Lipinski definition) is 3. The van der Waals surface area contributed by atoms with Crippen molar-refractivity contribution in [2.75, 3.05) is 6.61 Å². The van der Waals surface area contributed by atoms with E-state index in [1.165, 1.54) is 0 Å². The average Bonchev–Trinajstić information content (AvgIpc) is 2.29. The Morgan fingerprint density at radius 1 is 1.35 bits per heavy atom. The second-order valence-electron chi connectivity index (χ2n) is 3.74. The van der Waals surface area contributed by atoms with Crippen LogP contribution in [-0.4, -0.2) is 23.8 Å². The minimum Gasteiger partial charge on any atom is -0.490 e. The van der Waals surface area contributed by atoms with Gasteiger partial charge in [0.1, 0.15) is 0 Å². The van der Waals surface area contributed by atoms with Crippen LogP contribution in [0.15, 0.2) is 24.3 Å². The first-order valence-electron chi connectivity index (χ1n) is 5.73. The maximum atomic E-state index is 10.4. The maximum absolute atomic E-state index is 10.4. The fraction of sp³-hybridized carbons (Fsp3) is 0.462. The molecule has 1 aromatic rings. The Morgan fingerprint density at radius 3 is 2.59 bits per heavy atom. The van der Waals surface area contributed by atoms with Crippen molar-refractivity contribution in [3.8, 4) is 11.5 Å². The van der Waals surface area contributed by atoms with Crippen molar-refractivity contribution in [1.82, 2.24) is 0 Å². The fourth-order valence-electron chi connectivity index (χ4n) is 1.42. The van der Waals surface area contributed by atoms with E-state index in [1.807, 2.05) is 38.1 Å². The van der Waals surface area contributed by atoms with Crippen molar-refractivity contribution in [2.45, 2.75) is 32.8 Å². The van der Waals surface area contributed by atoms with E-state index in [2.05, 4.69) is 0 Å². The molecule has 1 atom stereocenters. The number of ether oxygens (including phenoxy) is 2. The molecule has 1 N–H and O–H groups in total. The van der Waals surface area contributed by atoms with E-state index in [9.17, 15) is 4.79 Å². The molecule has 1 unspecified atom stereocenters. The van der Waals surface area contributed by atoms with Gasteiger partial charge in [-0.3, -0.25) is 4.79 Å². The second kappa shape index (κ2) is 6.78. The van der Waals surface area contributed by atoms with Gasteiger partial charge in [0.15, 0.2) is 11.5 Å². The number of carbonyl (C=O) groups is 1. The molecule has 4 nitrogen and oxygen atoms in total. The van der Waals surface area contributed by atoms with Crippen LogP contribution in [0.1, 0.15) is 26.7 Å². The molecule has 0 heterocycles. The zero-order chi connectivity index (χ0) is 12.7. The minimum atomic E-state index is -0.807. The van der Waals surface area contributed by atoms with Crippen LogP contribution in [0.3, 0.4) is 0 Å². The third-order valence-corrected chi connectivity index (χ3v) is 2.24. The van der Waals surface area contributed by atoms with Crippen molar-refractivity contribution in [2.24, 2.45) is 0 Å². The molecule has 4 heteroatoms. The van der Waals surface area contributed by atoms with E-state index >= 15 is 0 Å². The number of aliphatic carboxylic acids is 1. The fourth-order valence-corrected chi connectivity index (χ4v) is 1.42. The normalized spacial score (nSPS) is 11.9. The molecule has 0 spiro atoms. The molecule has 17 heavy (non-hydrogen) atoms. The summed E-state index contributed by atoms with van der Waals surface area (Å²) in [6.45, 7) is 4.33. The lowest BCUT2D eigenvalue weighted by molar-refractivity contribution is -0.137. The van der Waals surface area contributed by atoms with Crippen molar-refractivity contribution < 1.29 is 19.4 Å². The molecule has 1 aromatic carbocycles. The highest BCUT2D eigenvalue weighted by Gasteiger charge is 2.10. The van der Waals surface area contributed by atoms with Crippen molar-refractivity contribution in [3.05, 3.63) is 24.3 Å². The van der Waals surface area contributed by atoms with E-state index in [-0.39, 0.29) is 12.5 Å². The average molecular weight is 238 g/mol. The maximum Gasteiger partial charge on any atom is 0.303 e. The molecule has 0 aliphatic heterocycles. The lowest BCUT2D eigenvalue weighted by Gasteiger charge is -2.16. The van der Waals surface area contributed by atoms with Crippen LogP contribution < -0.4 is 9.47 Å². The second-order valence-corrected chi connectivity index (χ2v) is 3.74. The molecular formula is C13H18O4. The van der Waals surface area contributed by atoms with Crippen LogP contribution in [0, 0.1) is 0 Å². The van der Waals surface area contributed by atoms with Crippen LogP contribution >= 0.6 is 0 Å². The summed E-state index contributed by atoms with van der Waals surface area (Å²) < 4.78 is 11.1. The van der Waals surface area contributed by atoms with E-state index in [4.69, 9.17) is 14.6 Å². The molecule has 0 radical (unpaired) electrons. The Hall–Kier alpha value is -1.71. The summed E-state index contributed by atoms with van der Waals surface area (Å²) in [5.41, 5.74) is 0. The molecule has 0 aromatic heterocycles. The molecule has 0 bridgehead atoms. The first-order chi connectivity index (χ1) is 8.13. The van der Waals surface area contributed by atoms with Gasteiger partial charge in [-0.05, 0) is 32.4 Å². The lowest BCUT2D eigenvalue weighted by atomic mass is 10.2. The summed E-state index contributed by atoms with van der Waals surface area (Å²) in [5, 5.41) is 8.59. The third-order valence-electron chi connectivity index (χ3n) is 2.24. The molecule has 1 rings (SSSR count). The highest BCUT2D eigenvalue weighted by molar-refractivity contribution is 5.66. The minimum absolute atomic E-state index is 0.109. The monoisotopic (exact) mass is 238 g/mol. The van der Waals surface area contributed by atoms with Gasteiger partial charge in [0.05, 0.1) is 12.7 Å². The van der Waals surface area contributed by atoms with Crippen molar-refractivity contribution in [1.29, 1.82) is 0 Å². The van der Waals surface area contributed by atoms with Gasteiger partial charge in [0.2, 0.25) is 0 Å². The Morgan fingerprint density at radius 2 is 2.00 bits per heavy atom. The smallest absolute Gasteiger partial charge is 0.303 e. The van der Waals surface area contributed by atoms with Crippen LogP contribution in [0.4, 0.5) is 0 Å². The third kappa shape index (κ3) is 4.76. The van der Waals surface area contributed by atoms with E-state index in [1.54, 1.807) is 0 Å². The molecule has 0 fully saturated rings. The summed E-state index contributed by atoms with van der Waals surface area (Å²) in [4.78, 5) is 10.4. The number of benzene rings is 1. The van der Waals surface area contributed by atoms with E-state index in [0.29, 0.717) is 24.5 Å². The molecule has 0 aliphatic carbocycles.